The number of hydrogen-bond donors (Lipinski definition) is 1. The van der Waals surface area contributed by atoms with E-state index in [1.165, 1.54) is 6.07 Å². The van der Waals surface area contributed by atoms with Gasteiger partial charge in [0.05, 0.1) is 22.5 Å². The van der Waals surface area contributed by atoms with Crippen LogP contribution in [-0.2, 0) is 6.42 Å². The number of benzene rings is 1. The zero-order valence-electron chi connectivity index (χ0n) is 10.7. The Kier molecular flexibility index (Phi) is 4.12. The van der Waals surface area contributed by atoms with Gasteiger partial charge in [0.2, 0.25) is 0 Å². The number of halogens is 2. The number of aliphatic hydroxyl groups excluding tert-OH is 1. The van der Waals surface area contributed by atoms with Crippen molar-refractivity contribution < 1.29 is 9.50 Å². The fourth-order valence-electron chi connectivity index (χ4n) is 1.93. The van der Waals surface area contributed by atoms with Crippen LogP contribution in [0.2, 0.25) is 5.02 Å². The maximum absolute atomic E-state index is 13.3. The standard InChI is InChI=1S/C14H14ClFN2O/c1-8-6-11(9(2)18-17-8)13(19)7-10-4-3-5-12(16)14(10)15/h3-6,13,19H,7H2,1-2H3. The Morgan fingerprint density at radius 2 is 2.05 bits per heavy atom. The van der Waals surface area contributed by atoms with Crippen molar-refractivity contribution in [2.45, 2.75) is 26.4 Å². The van der Waals surface area contributed by atoms with Gasteiger partial charge < -0.3 is 5.11 Å². The molecule has 5 heteroatoms. The first-order valence-corrected chi connectivity index (χ1v) is 6.28. The van der Waals surface area contributed by atoms with Crippen LogP contribution < -0.4 is 0 Å². The Bertz CT molecular complexity index is 604. The summed E-state index contributed by atoms with van der Waals surface area (Å²) in [5.74, 6) is -0.480. The lowest BCUT2D eigenvalue weighted by molar-refractivity contribution is 0.177. The summed E-state index contributed by atoms with van der Waals surface area (Å²) < 4.78 is 13.3. The lowest BCUT2D eigenvalue weighted by Crippen LogP contribution is -2.07. The number of aryl methyl sites for hydroxylation is 2. The third-order valence-corrected chi connectivity index (χ3v) is 3.37. The van der Waals surface area contributed by atoms with E-state index in [9.17, 15) is 9.50 Å². The fourth-order valence-corrected chi connectivity index (χ4v) is 2.13. The highest BCUT2D eigenvalue weighted by Crippen LogP contribution is 2.26. The summed E-state index contributed by atoms with van der Waals surface area (Å²) in [7, 11) is 0. The predicted octanol–water partition coefficient (Wildman–Crippen LogP) is 3.16. The van der Waals surface area contributed by atoms with Crippen LogP contribution in [0.4, 0.5) is 4.39 Å². The van der Waals surface area contributed by atoms with Gasteiger partial charge in [0.1, 0.15) is 5.82 Å². The van der Waals surface area contributed by atoms with Crippen molar-refractivity contribution in [3.8, 4) is 0 Å². The predicted molar refractivity (Wildman–Crippen MR) is 71.6 cm³/mol. The highest BCUT2D eigenvalue weighted by molar-refractivity contribution is 6.31. The molecule has 0 saturated carbocycles. The van der Waals surface area contributed by atoms with Crippen molar-refractivity contribution in [2.75, 3.05) is 0 Å². The minimum atomic E-state index is -0.784. The SMILES string of the molecule is Cc1cc(C(O)Cc2cccc(F)c2Cl)c(C)nn1. The summed E-state index contributed by atoms with van der Waals surface area (Å²) in [6.07, 6.45) is -0.545. The average molecular weight is 281 g/mol. The first-order chi connectivity index (χ1) is 8.99. The minimum Gasteiger partial charge on any atom is -0.388 e. The van der Waals surface area contributed by atoms with Gasteiger partial charge in [-0.2, -0.15) is 10.2 Å². The molecule has 0 fully saturated rings. The summed E-state index contributed by atoms with van der Waals surface area (Å²) >= 11 is 5.88. The topological polar surface area (TPSA) is 46.0 Å². The zero-order chi connectivity index (χ0) is 14.0. The molecule has 0 amide bonds. The van der Waals surface area contributed by atoms with E-state index in [0.717, 1.165) is 5.69 Å². The second-order valence-electron chi connectivity index (χ2n) is 4.46. The summed E-state index contributed by atoms with van der Waals surface area (Å²) in [6.45, 7) is 3.58. The molecule has 100 valence electrons. The van der Waals surface area contributed by atoms with Gasteiger partial charge in [0.25, 0.3) is 0 Å². The molecule has 2 aromatic rings. The molecule has 0 aliphatic rings. The lowest BCUT2D eigenvalue weighted by Gasteiger charge is -2.14. The zero-order valence-corrected chi connectivity index (χ0v) is 11.4. The summed E-state index contributed by atoms with van der Waals surface area (Å²) in [5, 5.41) is 18.2. The first-order valence-electron chi connectivity index (χ1n) is 5.91. The van der Waals surface area contributed by atoms with Gasteiger partial charge in [-0.3, -0.25) is 0 Å². The largest absolute Gasteiger partial charge is 0.388 e. The summed E-state index contributed by atoms with van der Waals surface area (Å²) in [4.78, 5) is 0. The van der Waals surface area contributed by atoms with E-state index in [0.29, 0.717) is 16.8 Å². The second-order valence-corrected chi connectivity index (χ2v) is 4.84. The van der Waals surface area contributed by atoms with Gasteiger partial charge in [-0.1, -0.05) is 23.7 Å². The van der Waals surface area contributed by atoms with Crippen molar-refractivity contribution in [3.63, 3.8) is 0 Å². The monoisotopic (exact) mass is 280 g/mol. The van der Waals surface area contributed by atoms with Crippen LogP contribution in [0.1, 0.15) is 28.6 Å². The molecule has 1 unspecified atom stereocenters. The van der Waals surface area contributed by atoms with Gasteiger partial charge in [-0.25, -0.2) is 4.39 Å². The molecule has 0 radical (unpaired) electrons. The average Bonchev–Trinajstić information content (AvgIpc) is 2.38. The Morgan fingerprint density at radius 3 is 2.79 bits per heavy atom. The molecule has 1 aromatic carbocycles. The number of aromatic nitrogens is 2. The third kappa shape index (κ3) is 3.08. The van der Waals surface area contributed by atoms with Crippen molar-refractivity contribution in [3.05, 3.63) is 57.6 Å². The molecule has 0 aliphatic carbocycles. The molecule has 2 rings (SSSR count). The number of nitrogens with zero attached hydrogens (tertiary/aromatic N) is 2. The fraction of sp³-hybridized carbons (Fsp3) is 0.286. The number of hydrogen-bond acceptors (Lipinski definition) is 3. The first kappa shape index (κ1) is 13.9. The molecule has 1 aromatic heterocycles. The van der Waals surface area contributed by atoms with Crippen LogP contribution in [-0.4, -0.2) is 15.3 Å². The third-order valence-electron chi connectivity index (χ3n) is 2.94. The Morgan fingerprint density at radius 1 is 1.32 bits per heavy atom. The Hall–Kier alpha value is -1.52. The quantitative estimate of drug-likeness (QED) is 0.939. The van der Waals surface area contributed by atoms with Crippen molar-refractivity contribution >= 4 is 11.6 Å². The van der Waals surface area contributed by atoms with Gasteiger partial charge in [0, 0.05) is 12.0 Å². The van der Waals surface area contributed by atoms with Crippen LogP contribution in [0.5, 0.6) is 0 Å². The summed E-state index contributed by atoms with van der Waals surface area (Å²) in [6, 6.07) is 6.35. The van der Waals surface area contributed by atoms with Gasteiger partial charge in [-0.15, -0.1) is 0 Å². The highest BCUT2D eigenvalue weighted by atomic mass is 35.5. The maximum atomic E-state index is 13.3. The van der Waals surface area contributed by atoms with Gasteiger partial charge >= 0.3 is 0 Å². The van der Waals surface area contributed by atoms with Crippen LogP contribution in [0.15, 0.2) is 24.3 Å². The van der Waals surface area contributed by atoms with E-state index >= 15 is 0 Å². The van der Waals surface area contributed by atoms with Crippen LogP contribution in [0.3, 0.4) is 0 Å². The van der Waals surface area contributed by atoms with Gasteiger partial charge in [-0.05, 0) is 31.5 Å². The van der Waals surface area contributed by atoms with Gasteiger partial charge in [0.15, 0.2) is 0 Å². The van der Waals surface area contributed by atoms with Crippen molar-refractivity contribution in [1.29, 1.82) is 0 Å². The molecule has 3 nitrogen and oxygen atoms in total. The molecule has 1 heterocycles. The van der Waals surface area contributed by atoms with Crippen LogP contribution in [0.25, 0.3) is 0 Å². The van der Waals surface area contributed by atoms with E-state index in [2.05, 4.69) is 10.2 Å². The molecule has 1 N–H and O–H groups in total. The molecule has 0 spiro atoms. The summed E-state index contributed by atoms with van der Waals surface area (Å²) in [5.41, 5.74) is 2.64. The van der Waals surface area contributed by atoms with E-state index in [4.69, 9.17) is 11.6 Å². The van der Waals surface area contributed by atoms with Crippen molar-refractivity contribution in [1.82, 2.24) is 10.2 Å². The van der Waals surface area contributed by atoms with Crippen LogP contribution in [0, 0.1) is 19.7 Å². The normalized spacial score (nSPS) is 12.5. The lowest BCUT2D eigenvalue weighted by atomic mass is 10.0. The second kappa shape index (κ2) is 5.63. The van der Waals surface area contributed by atoms with Crippen molar-refractivity contribution in [2.24, 2.45) is 0 Å². The molecular formula is C14H14ClFN2O. The van der Waals surface area contributed by atoms with E-state index in [1.54, 1.807) is 32.0 Å². The highest BCUT2D eigenvalue weighted by Gasteiger charge is 2.16. The molecule has 0 saturated heterocycles. The Labute approximate surface area is 116 Å². The molecular weight excluding hydrogens is 267 g/mol. The molecule has 0 aliphatic heterocycles. The molecule has 0 bridgehead atoms. The number of rotatable bonds is 3. The van der Waals surface area contributed by atoms with E-state index < -0.39 is 11.9 Å². The van der Waals surface area contributed by atoms with Crippen LogP contribution >= 0.6 is 11.6 Å². The van der Waals surface area contributed by atoms with E-state index in [1.807, 2.05) is 0 Å². The maximum Gasteiger partial charge on any atom is 0.142 e. The molecule has 1 atom stereocenters. The molecule has 19 heavy (non-hydrogen) atoms. The minimum absolute atomic E-state index is 0.0536. The Balaban J connectivity index is 2.28. The number of aliphatic hydroxyl groups is 1. The smallest absolute Gasteiger partial charge is 0.142 e. The van der Waals surface area contributed by atoms with E-state index in [-0.39, 0.29) is 11.4 Å².